The predicted molar refractivity (Wildman–Crippen MR) is 159 cm³/mol. The average Bonchev–Trinajstić information content (AvgIpc) is 3.46. The fourth-order valence-electron chi connectivity index (χ4n) is 5.57. The van der Waals surface area contributed by atoms with Gasteiger partial charge in [0.2, 0.25) is 5.91 Å². The van der Waals surface area contributed by atoms with Crippen molar-refractivity contribution in [3.63, 3.8) is 0 Å². The van der Waals surface area contributed by atoms with Crippen LogP contribution in [-0.2, 0) is 24.2 Å². The third-order valence-corrected chi connectivity index (χ3v) is 7.77. The molecule has 0 spiro atoms. The Bertz CT molecular complexity index is 1480. The number of nitrogens with two attached hydrogens (primary N) is 2. The Balaban J connectivity index is 1.61. The average molecular weight is 593 g/mol. The van der Waals surface area contributed by atoms with E-state index in [0.29, 0.717) is 24.9 Å². The van der Waals surface area contributed by atoms with Gasteiger partial charge in [0.25, 0.3) is 11.8 Å². The van der Waals surface area contributed by atoms with Crippen molar-refractivity contribution in [2.24, 2.45) is 11.5 Å². The molecule has 1 aliphatic rings. The molecule has 5 N–H and O–H groups in total. The summed E-state index contributed by atoms with van der Waals surface area (Å²) in [7, 11) is 0. The van der Waals surface area contributed by atoms with Crippen LogP contribution >= 0.6 is 0 Å². The predicted octanol–water partition coefficient (Wildman–Crippen LogP) is 3.50. The first-order valence-electron chi connectivity index (χ1n) is 14.4. The summed E-state index contributed by atoms with van der Waals surface area (Å²) < 4.78 is 27.4. The van der Waals surface area contributed by atoms with Crippen LogP contribution < -0.4 is 11.5 Å². The van der Waals surface area contributed by atoms with Crippen LogP contribution in [0.4, 0.5) is 8.78 Å². The van der Waals surface area contributed by atoms with E-state index in [-0.39, 0.29) is 42.1 Å². The van der Waals surface area contributed by atoms with Crippen molar-refractivity contribution in [2.45, 2.75) is 64.3 Å². The van der Waals surface area contributed by atoms with Crippen molar-refractivity contribution < 1.29 is 28.3 Å². The zero-order chi connectivity index (χ0) is 31.3. The molecule has 1 fully saturated rings. The minimum atomic E-state index is -1.23. The Kier molecular flexibility index (Phi) is 10.3. The number of aliphatic hydroxyl groups excluding tert-OH is 1. The van der Waals surface area contributed by atoms with Crippen molar-refractivity contribution in [1.29, 1.82) is 0 Å². The molecular weight excluding hydrogens is 554 g/mol. The van der Waals surface area contributed by atoms with Crippen molar-refractivity contribution in [2.75, 3.05) is 13.1 Å². The number of carbonyl (C=O) groups excluding carboxylic acids is 3. The van der Waals surface area contributed by atoms with E-state index in [4.69, 9.17) is 11.5 Å². The molecule has 3 aromatic carbocycles. The number of aliphatic hydroxyl groups is 1. The lowest BCUT2D eigenvalue weighted by molar-refractivity contribution is -0.121. The van der Waals surface area contributed by atoms with E-state index in [1.807, 2.05) is 31.2 Å². The van der Waals surface area contributed by atoms with E-state index >= 15 is 0 Å². The molecule has 0 aliphatic carbocycles. The number of hydrogen-bond donors (Lipinski definition) is 3. The number of aryl methyl sites for hydroxylation is 2. The summed E-state index contributed by atoms with van der Waals surface area (Å²) in [4.78, 5) is 42.2. The Labute approximate surface area is 250 Å². The number of primary amides is 1. The Morgan fingerprint density at radius 1 is 1.00 bits per heavy atom. The minimum Gasteiger partial charge on any atom is -0.390 e. The molecule has 3 amide bonds. The fraction of sp³-hybridized carbons (Fsp3) is 0.364. The van der Waals surface area contributed by atoms with Gasteiger partial charge in [-0.1, -0.05) is 31.2 Å². The van der Waals surface area contributed by atoms with Crippen LogP contribution in [0.5, 0.6) is 0 Å². The van der Waals surface area contributed by atoms with Gasteiger partial charge in [0.1, 0.15) is 17.7 Å². The highest BCUT2D eigenvalue weighted by atomic mass is 19.1. The number of likely N-dealkylation sites (tertiary alicyclic amines) is 1. The van der Waals surface area contributed by atoms with Gasteiger partial charge >= 0.3 is 0 Å². The van der Waals surface area contributed by atoms with Crippen molar-refractivity contribution in [3.8, 4) is 0 Å². The van der Waals surface area contributed by atoms with Gasteiger partial charge in [-0.2, -0.15) is 0 Å². The van der Waals surface area contributed by atoms with Gasteiger partial charge in [-0.3, -0.25) is 14.4 Å². The summed E-state index contributed by atoms with van der Waals surface area (Å²) in [6.45, 7) is 4.16. The third kappa shape index (κ3) is 8.03. The van der Waals surface area contributed by atoms with Crippen LogP contribution in [0.25, 0.3) is 0 Å². The molecular formula is C33H38F2N4O4. The number of halogens is 2. The normalized spacial score (nSPS) is 16.1. The minimum absolute atomic E-state index is 0.0108. The molecule has 10 heteroatoms. The number of benzene rings is 3. The zero-order valence-corrected chi connectivity index (χ0v) is 24.4. The molecule has 0 aromatic heterocycles. The topological polar surface area (TPSA) is 130 Å². The first-order chi connectivity index (χ1) is 20.4. The molecule has 43 heavy (non-hydrogen) atoms. The van der Waals surface area contributed by atoms with Gasteiger partial charge in [0.05, 0.1) is 6.10 Å². The highest BCUT2D eigenvalue weighted by Gasteiger charge is 2.34. The Hall–Kier alpha value is -4.15. The molecule has 3 aromatic rings. The molecule has 0 unspecified atom stereocenters. The highest BCUT2D eigenvalue weighted by Crippen LogP contribution is 2.23. The number of amides is 3. The van der Waals surface area contributed by atoms with Crippen LogP contribution in [0, 0.1) is 18.6 Å². The maximum absolute atomic E-state index is 14.0. The number of rotatable bonds is 11. The first kappa shape index (κ1) is 31.8. The maximum atomic E-state index is 14.0. The number of nitrogens with zero attached hydrogens (tertiary/aromatic N) is 2. The van der Waals surface area contributed by atoms with Gasteiger partial charge in [0, 0.05) is 42.9 Å². The molecule has 1 heterocycles. The lowest BCUT2D eigenvalue weighted by Crippen LogP contribution is -2.46. The first-order valence-corrected chi connectivity index (χ1v) is 14.4. The standard InChI is InChI=1S/C33H38F2N4O4/c1-3-21-6-4-7-22(12-21)18-38(19-30(40)28(36)15-23-13-26(34)17-27(35)14-23)32(42)24-10-20(2)11-25(16-24)33(43)39-9-5-8-29(39)31(37)41/h4,6-7,10-14,16-17,28-30,40H,3,5,8-9,15,18-19,36H2,1-2H3,(H2,37,41)/t28-,29-,30+/m1/s1. The largest absolute Gasteiger partial charge is 0.390 e. The molecule has 0 radical (unpaired) electrons. The van der Waals surface area contributed by atoms with Gasteiger partial charge in [-0.05, 0) is 85.2 Å². The van der Waals surface area contributed by atoms with Crippen LogP contribution in [0.1, 0.15) is 62.7 Å². The van der Waals surface area contributed by atoms with Gasteiger partial charge in [-0.15, -0.1) is 0 Å². The molecule has 3 atom stereocenters. The molecule has 0 bridgehead atoms. The second-order valence-electron chi connectivity index (χ2n) is 11.2. The van der Waals surface area contributed by atoms with E-state index < -0.39 is 41.6 Å². The van der Waals surface area contributed by atoms with Crippen LogP contribution in [0.3, 0.4) is 0 Å². The van der Waals surface area contributed by atoms with Crippen molar-refractivity contribution >= 4 is 17.7 Å². The summed E-state index contributed by atoms with van der Waals surface area (Å²) in [5.74, 6) is -2.88. The summed E-state index contributed by atoms with van der Waals surface area (Å²) in [6, 6.07) is 14.0. The molecule has 0 saturated carbocycles. The summed E-state index contributed by atoms with van der Waals surface area (Å²) in [5, 5.41) is 11.1. The monoisotopic (exact) mass is 592 g/mol. The van der Waals surface area contributed by atoms with Crippen molar-refractivity contribution in [1.82, 2.24) is 9.80 Å². The van der Waals surface area contributed by atoms with E-state index in [9.17, 15) is 28.3 Å². The smallest absolute Gasteiger partial charge is 0.254 e. The van der Waals surface area contributed by atoms with Gasteiger partial charge in [-0.25, -0.2) is 8.78 Å². The lowest BCUT2D eigenvalue weighted by atomic mass is 10.00. The summed E-state index contributed by atoms with van der Waals surface area (Å²) in [5.41, 5.74) is 15.1. The Morgan fingerprint density at radius 3 is 2.35 bits per heavy atom. The third-order valence-electron chi connectivity index (χ3n) is 7.77. The summed E-state index contributed by atoms with van der Waals surface area (Å²) >= 11 is 0. The molecule has 228 valence electrons. The lowest BCUT2D eigenvalue weighted by Gasteiger charge is -2.29. The van der Waals surface area contributed by atoms with E-state index in [0.717, 1.165) is 35.7 Å². The van der Waals surface area contributed by atoms with Crippen LogP contribution in [0.15, 0.2) is 60.7 Å². The molecule has 1 saturated heterocycles. The molecule has 1 aliphatic heterocycles. The SMILES string of the molecule is CCc1cccc(CN(C[C@H](O)[C@H](N)Cc2cc(F)cc(F)c2)C(=O)c2cc(C)cc(C(=O)N3CCC[C@@H]3C(N)=O)c2)c1. The second-order valence-corrected chi connectivity index (χ2v) is 11.2. The van der Waals surface area contributed by atoms with Crippen molar-refractivity contribution in [3.05, 3.63) is 106 Å². The fourth-order valence-corrected chi connectivity index (χ4v) is 5.57. The number of carbonyl (C=O) groups is 3. The van der Waals surface area contributed by atoms with E-state index in [1.54, 1.807) is 19.1 Å². The second kappa shape index (κ2) is 13.9. The summed E-state index contributed by atoms with van der Waals surface area (Å²) in [6.07, 6.45) is 0.705. The zero-order valence-electron chi connectivity index (χ0n) is 24.4. The molecule has 8 nitrogen and oxygen atoms in total. The Morgan fingerprint density at radius 2 is 1.67 bits per heavy atom. The number of hydrogen-bond acceptors (Lipinski definition) is 5. The van der Waals surface area contributed by atoms with E-state index in [1.165, 1.54) is 15.9 Å². The van der Waals surface area contributed by atoms with E-state index in [2.05, 4.69) is 0 Å². The maximum Gasteiger partial charge on any atom is 0.254 e. The highest BCUT2D eigenvalue weighted by molar-refractivity contribution is 6.01. The van der Waals surface area contributed by atoms with Gasteiger partial charge in [0.15, 0.2) is 0 Å². The quantitative estimate of drug-likeness (QED) is 0.314. The molecule has 4 rings (SSSR count). The van der Waals surface area contributed by atoms with Gasteiger partial charge < -0.3 is 26.4 Å². The van der Waals surface area contributed by atoms with Crippen LogP contribution in [-0.4, -0.2) is 63.9 Å². The van der Waals surface area contributed by atoms with Crippen LogP contribution in [0.2, 0.25) is 0 Å².